The number of carbonyl (C=O) groups is 3. The van der Waals surface area contributed by atoms with Crippen molar-refractivity contribution < 1.29 is 47.8 Å². The Morgan fingerprint density at radius 1 is 0.500 bits per heavy atom. The summed E-state index contributed by atoms with van der Waals surface area (Å²) in [5.41, 5.74) is 0. The quantitative estimate of drug-likeness (QED) is 0.0199. The van der Waals surface area contributed by atoms with Crippen LogP contribution < -0.4 is 5.32 Å². The van der Waals surface area contributed by atoms with Gasteiger partial charge in [-0.25, -0.2) is 9.36 Å². The molecule has 0 fully saturated rings. The highest BCUT2D eigenvalue weighted by Crippen LogP contribution is 2.43. The van der Waals surface area contributed by atoms with Crippen molar-refractivity contribution in [3.05, 3.63) is 60.8 Å². The first kappa shape index (κ1) is 63.2. The van der Waals surface area contributed by atoms with Gasteiger partial charge in [0, 0.05) is 12.8 Å². The van der Waals surface area contributed by atoms with E-state index in [0.29, 0.717) is 12.8 Å². The van der Waals surface area contributed by atoms with Gasteiger partial charge in [-0.15, -0.1) is 0 Å². The van der Waals surface area contributed by atoms with Crippen molar-refractivity contribution in [3.63, 3.8) is 0 Å². The zero-order chi connectivity index (χ0) is 48.4. The van der Waals surface area contributed by atoms with E-state index in [0.717, 1.165) is 83.5 Å². The van der Waals surface area contributed by atoms with Crippen LogP contribution in [-0.2, 0) is 32.7 Å². The second-order valence-electron chi connectivity index (χ2n) is 17.7. The number of phosphoric ester groups is 1. The number of hydrogen-bond donors (Lipinski definition) is 4. The molecule has 0 aliphatic rings. The fourth-order valence-electron chi connectivity index (χ4n) is 7.28. The Hall–Kier alpha value is -2.82. The smallest absolute Gasteiger partial charge is 0.472 e. The normalized spacial score (nSPS) is 14.0. The second kappa shape index (κ2) is 48.6. The van der Waals surface area contributed by atoms with E-state index < -0.39 is 57.6 Å². The van der Waals surface area contributed by atoms with Crippen LogP contribution in [0.2, 0.25) is 0 Å². The van der Waals surface area contributed by atoms with Gasteiger partial charge in [0.1, 0.15) is 12.7 Å². The Morgan fingerprint density at radius 2 is 0.879 bits per heavy atom. The van der Waals surface area contributed by atoms with Gasteiger partial charge in [0.25, 0.3) is 0 Å². The molecule has 382 valence electrons. The van der Waals surface area contributed by atoms with Gasteiger partial charge in [-0.2, -0.15) is 0 Å². The zero-order valence-electron chi connectivity index (χ0n) is 41.7. The lowest BCUT2D eigenvalue weighted by Crippen LogP contribution is -2.43. The largest absolute Gasteiger partial charge is 0.480 e. The number of allylic oxidation sites excluding steroid dienone is 10. The van der Waals surface area contributed by atoms with Crippen molar-refractivity contribution in [3.8, 4) is 0 Å². The predicted molar refractivity (Wildman–Crippen MR) is 272 cm³/mol. The molecule has 3 atom stereocenters. The van der Waals surface area contributed by atoms with Crippen LogP contribution in [0.1, 0.15) is 232 Å². The topological polar surface area (TPSA) is 169 Å². The maximum atomic E-state index is 12.4. The third-order valence-electron chi connectivity index (χ3n) is 11.3. The first-order chi connectivity index (χ1) is 32.1. The minimum absolute atomic E-state index is 0.121. The average Bonchev–Trinajstić information content (AvgIpc) is 3.29. The van der Waals surface area contributed by atoms with Crippen molar-refractivity contribution in [2.45, 2.75) is 244 Å². The van der Waals surface area contributed by atoms with Crippen LogP contribution in [0.25, 0.3) is 0 Å². The Kier molecular flexibility index (Phi) is 46.6. The Balaban J connectivity index is 3.84. The van der Waals surface area contributed by atoms with Crippen molar-refractivity contribution in [1.29, 1.82) is 0 Å². The van der Waals surface area contributed by atoms with Crippen molar-refractivity contribution >= 4 is 25.7 Å². The molecule has 0 spiro atoms. The molecule has 4 N–H and O–H groups in total. The minimum Gasteiger partial charge on any atom is -0.480 e. The van der Waals surface area contributed by atoms with Crippen LogP contribution in [0.15, 0.2) is 60.8 Å². The lowest BCUT2D eigenvalue weighted by atomic mass is 10.0. The number of aliphatic hydroxyl groups excluding tert-OH is 1. The molecule has 0 bridgehead atoms. The number of carbonyl (C=O) groups excluding carboxylic acids is 2. The van der Waals surface area contributed by atoms with Gasteiger partial charge in [0.05, 0.1) is 13.2 Å². The molecule has 0 aromatic heterocycles. The van der Waals surface area contributed by atoms with Crippen LogP contribution in [0, 0.1) is 0 Å². The van der Waals surface area contributed by atoms with Gasteiger partial charge < -0.3 is 25.2 Å². The Morgan fingerprint density at radius 3 is 1.32 bits per heavy atom. The van der Waals surface area contributed by atoms with Crippen LogP contribution in [0.3, 0.4) is 0 Å². The van der Waals surface area contributed by atoms with Gasteiger partial charge in [-0.1, -0.05) is 222 Å². The summed E-state index contributed by atoms with van der Waals surface area (Å²) in [5, 5.41) is 21.9. The number of rotatable bonds is 49. The van der Waals surface area contributed by atoms with E-state index in [2.05, 4.69) is 79.9 Å². The number of carboxylic acid groups (broad SMARTS) is 1. The molecule has 0 heterocycles. The molecule has 0 saturated carbocycles. The molecular weight excluding hydrogens is 854 g/mol. The number of carboxylic acids is 1. The molecule has 12 heteroatoms. The van der Waals surface area contributed by atoms with E-state index in [4.69, 9.17) is 13.8 Å². The maximum absolute atomic E-state index is 12.4. The number of hydrogen-bond acceptors (Lipinski definition) is 8. The zero-order valence-corrected chi connectivity index (χ0v) is 42.6. The van der Waals surface area contributed by atoms with Gasteiger partial charge >= 0.3 is 19.8 Å². The third kappa shape index (κ3) is 47.7. The van der Waals surface area contributed by atoms with Crippen LogP contribution in [0.5, 0.6) is 0 Å². The summed E-state index contributed by atoms with van der Waals surface area (Å²) in [4.78, 5) is 46.2. The molecule has 3 unspecified atom stereocenters. The molecule has 0 aromatic rings. The Bertz CT molecular complexity index is 1350. The first-order valence-corrected chi connectivity index (χ1v) is 27.8. The summed E-state index contributed by atoms with van der Waals surface area (Å²) in [6, 6.07) is -1.56. The molecule has 0 aromatic carbocycles. The van der Waals surface area contributed by atoms with Crippen LogP contribution >= 0.6 is 7.82 Å². The van der Waals surface area contributed by atoms with E-state index >= 15 is 0 Å². The fraction of sp³-hybridized carbons (Fsp3) is 0.759. The number of esters is 1. The average molecular weight is 950 g/mol. The molecule has 0 saturated heterocycles. The predicted octanol–water partition coefficient (Wildman–Crippen LogP) is 14.7. The van der Waals surface area contributed by atoms with Gasteiger partial charge in [-0.3, -0.25) is 18.6 Å². The van der Waals surface area contributed by atoms with E-state index in [-0.39, 0.29) is 12.8 Å². The summed E-state index contributed by atoms with van der Waals surface area (Å²) in [6.07, 6.45) is 58.1. The number of aliphatic carboxylic acids is 1. The van der Waals surface area contributed by atoms with Crippen molar-refractivity contribution in [1.82, 2.24) is 5.32 Å². The summed E-state index contributed by atoms with van der Waals surface area (Å²) in [6.45, 7) is 2.50. The van der Waals surface area contributed by atoms with E-state index in [1.165, 1.54) is 109 Å². The number of phosphoric acid groups is 1. The molecule has 0 radical (unpaired) electrons. The van der Waals surface area contributed by atoms with Gasteiger partial charge in [0.15, 0.2) is 6.04 Å². The van der Waals surface area contributed by atoms with Gasteiger partial charge in [0.2, 0.25) is 5.91 Å². The number of nitrogens with one attached hydrogen (secondary N) is 1. The molecule has 66 heavy (non-hydrogen) atoms. The number of aliphatic hydroxyl groups is 1. The van der Waals surface area contributed by atoms with E-state index in [9.17, 15) is 34.1 Å². The molecule has 0 rings (SSSR count). The van der Waals surface area contributed by atoms with Crippen LogP contribution in [-0.4, -0.2) is 64.9 Å². The fourth-order valence-corrected chi connectivity index (χ4v) is 8.06. The van der Waals surface area contributed by atoms with Crippen molar-refractivity contribution in [2.75, 3.05) is 19.8 Å². The first-order valence-electron chi connectivity index (χ1n) is 26.3. The van der Waals surface area contributed by atoms with Gasteiger partial charge in [-0.05, 0) is 57.8 Å². The number of unbranched alkanes of at least 4 members (excludes halogenated alkanes) is 25. The summed E-state index contributed by atoms with van der Waals surface area (Å²) in [7, 11) is -4.77. The lowest BCUT2D eigenvalue weighted by molar-refractivity contribution is -0.147. The lowest BCUT2D eigenvalue weighted by Gasteiger charge is -2.18. The third-order valence-corrected chi connectivity index (χ3v) is 12.3. The molecule has 0 aliphatic carbocycles. The number of ether oxygens (including phenoxy) is 1. The van der Waals surface area contributed by atoms with Crippen LogP contribution in [0.4, 0.5) is 0 Å². The van der Waals surface area contributed by atoms with E-state index in [1.807, 2.05) is 0 Å². The molecule has 0 aliphatic heterocycles. The highest BCUT2D eigenvalue weighted by molar-refractivity contribution is 7.47. The summed E-state index contributed by atoms with van der Waals surface area (Å²) >= 11 is 0. The molecule has 11 nitrogen and oxygen atoms in total. The number of amides is 1. The Labute approximate surface area is 402 Å². The standard InChI is InChI=1S/C54H96NO10P/c1-3-5-7-9-11-13-15-17-19-21-23-25-27-29-31-33-35-37-39-41-43-45-52(57)55-51(54(59)60)49-65-66(61,62)64-48-50(56)47-63-53(58)46-44-42-40-38-36-34-32-30-28-26-24-22-20-18-16-14-12-10-8-6-4-2/h5,7,11,13,17,19,23,25,29,31,50-51,56H,3-4,6,8-10,12,14-16,18,20-22,24,26-28,30,32-49H2,1-2H3,(H,55,57)(H,59,60)(H,61,62)/b7-5-,13-11-,19-17-,25-23-,31-29-. The summed E-state index contributed by atoms with van der Waals surface area (Å²) in [5.74, 6) is -2.39. The maximum Gasteiger partial charge on any atom is 0.472 e. The molecular formula is C54H96NO10P. The summed E-state index contributed by atoms with van der Waals surface area (Å²) < 4.78 is 27.0. The van der Waals surface area contributed by atoms with Crippen molar-refractivity contribution in [2.24, 2.45) is 0 Å². The van der Waals surface area contributed by atoms with E-state index in [1.54, 1.807) is 0 Å². The molecule has 1 amide bonds. The monoisotopic (exact) mass is 950 g/mol. The minimum atomic E-state index is -4.77. The highest BCUT2D eigenvalue weighted by Gasteiger charge is 2.28. The second-order valence-corrected chi connectivity index (χ2v) is 19.1. The highest BCUT2D eigenvalue weighted by atomic mass is 31.2. The SMILES string of the molecule is CC/C=C\C/C=C\C/C=C\C/C=C\C/C=C\CCCCCCCC(=O)NC(COP(=O)(O)OCC(O)COC(=O)CCCCCCCCCCCCCCCCCCCCCCC)C(=O)O.